The van der Waals surface area contributed by atoms with Crippen LogP contribution in [0.1, 0.15) is 66.2 Å². The first-order valence-corrected chi connectivity index (χ1v) is 21.3. The van der Waals surface area contributed by atoms with Crippen molar-refractivity contribution >= 4 is 95.2 Å². The maximum atomic E-state index is 12.6. The van der Waals surface area contributed by atoms with Crippen molar-refractivity contribution in [3.05, 3.63) is 0 Å². The van der Waals surface area contributed by atoms with Crippen molar-refractivity contribution in [2.45, 2.75) is 115 Å². The molecule has 2 saturated heterocycles. The Balaban J connectivity index is 0.000000884. The first kappa shape index (κ1) is 67.1. The minimum absolute atomic E-state index is 0.0512. The number of rotatable bonds is 12. The first-order valence-electron chi connectivity index (χ1n) is 21.3. The van der Waals surface area contributed by atoms with Gasteiger partial charge in [-0.1, -0.05) is 27.7 Å². The van der Waals surface area contributed by atoms with Gasteiger partial charge in [0.25, 0.3) is 11.9 Å². The van der Waals surface area contributed by atoms with E-state index >= 15 is 0 Å². The van der Waals surface area contributed by atoms with Crippen LogP contribution < -0.4 is 54.0 Å². The lowest BCUT2D eigenvalue weighted by atomic mass is 9.91. The van der Waals surface area contributed by atoms with Crippen molar-refractivity contribution in [2.24, 2.45) is 44.8 Å². The number of nitrogens with two attached hydrogens (primary N) is 4. The predicted molar refractivity (Wildman–Crippen MR) is 242 cm³/mol. The number of aliphatic carboxylic acids is 4. The number of nitrogens with zero attached hydrogens (tertiary/aromatic N) is 10. The molecule has 0 spiro atoms. The van der Waals surface area contributed by atoms with Gasteiger partial charge in [-0.2, -0.15) is 92.6 Å². The highest BCUT2D eigenvalue weighted by atomic mass is 19.4. The summed E-state index contributed by atoms with van der Waals surface area (Å²) in [6.07, 6.45) is -16.6. The van der Waals surface area contributed by atoms with Gasteiger partial charge in [0.05, 0.1) is 0 Å². The average molecular weight is 1150 g/mol. The minimum atomic E-state index is -5.08. The number of carbonyl (C=O) groups is 6. The summed E-state index contributed by atoms with van der Waals surface area (Å²) in [4.78, 5) is 98.2. The summed E-state index contributed by atoms with van der Waals surface area (Å²) >= 11 is 0. The number of alkyl halides is 12. The van der Waals surface area contributed by atoms with Crippen LogP contribution in [0, 0.1) is 22.7 Å². The molecule has 5 rings (SSSR count). The van der Waals surface area contributed by atoms with E-state index in [9.17, 15) is 62.3 Å². The SMILES string of the molecule is CC(C)CC1C(=O)NC(=N)N1c1nc(N=C(N)N)nc(NC2CCC(Nc3nc(N=C(N)N)nc(N4C(=N)NC(=O)C4CC(C)C)n3)CC2)n1.O=C(O)C(F)(F)F.O=C(O)C(F)(F)F.O=C(O)C(F)(F)F.O=C(O)C(F)(F)F. The molecule has 3 aliphatic rings. The van der Waals surface area contributed by atoms with E-state index in [4.69, 9.17) is 73.4 Å². The molecular formula is C36H48F12N20O10. The van der Waals surface area contributed by atoms with Gasteiger partial charge in [0, 0.05) is 12.1 Å². The average Bonchev–Trinajstić information content (AvgIpc) is 3.69. The van der Waals surface area contributed by atoms with E-state index in [0.717, 1.165) is 0 Å². The molecule has 1 aliphatic carbocycles. The van der Waals surface area contributed by atoms with Gasteiger partial charge in [0.15, 0.2) is 11.9 Å². The number of aromatic nitrogens is 6. The summed E-state index contributed by atoms with van der Waals surface area (Å²) < 4.78 is 127. The molecule has 436 valence electrons. The summed E-state index contributed by atoms with van der Waals surface area (Å²) in [5.74, 6) is -11.8. The Bertz CT molecular complexity index is 2330. The maximum absolute atomic E-state index is 12.6. The molecule has 18 N–H and O–H groups in total. The van der Waals surface area contributed by atoms with Crippen LogP contribution in [0.15, 0.2) is 9.98 Å². The number of anilines is 4. The number of aliphatic imine (C=N–C) groups is 2. The summed E-state index contributed by atoms with van der Waals surface area (Å²) in [5, 5.41) is 57.0. The second-order valence-electron chi connectivity index (χ2n) is 16.3. The molecule has 30 nitrogen and oxygen atoms in total. The highest BCUT2D eigenvalue weighted by Gasteiger charge is 2.43. The molecule has 1 saturated carbocycles. The number of halogens is 12. The van der Waals surface area contributed by atoms with Gasteiger partial charge in [-0.15, -0.1) is 0 Å². The lowest BCUT2D eigenvalue weighted by Gasteiger charge is -2.30. The maximum Gasteiger partial charge on any atom is 0.490 e. The zero-order valence-electron chi connectivity index (χ0n) is 40.3. The van der Waals surface area contributed by atoms with E-state index in [1.807, 2.05) is 27.7 Å². The van der Waals surface area contributed by atoms with Crippen LogP contribution in [0.4, 0.5) is 88.4 Å². The van der Waals surface area contributed by atoms with Crippen molar-refractivity contribution in [3.63, 3.8) is 0 Å². The third-order valence-corrected chi connectivity index (χ3v) is 9.06. The zero-order valence-corrected chi connectivity index (χ0v) is 40.3. The minimum Gasteiger partial charge on any atom is -0.475 e. The molecule has 0 aromatic carbocycles. The number of carbonyl (C=O) groups excluding carboxylic acids is 2. The molecule has 2 unspecified atom stereocenters. The fourth-order valence-corrected chi connectivity index (χ4v) is 5.99. The summed E-state index contributed by atoms with van der Waals surface area (Å²) in [6.45, 7) is 7.92. The van der Waals surface area contributed by atoms with Crippen LogP contribution in [0.5, 0.6) is 0 Å². The molecule has 78 heavy (non-hydrogen) atoms. The van der Waals surface area contributed by atoms with Gasteiger partial charge >= 0.3 is 48.6 Å². The normalized spacial score (nSPS) is 18.2. The molecule has 0 bridgehead atoms. The Morgan fingerprint density at radius 2 is 0.795 bits per heavy atom. The van der Waals surface area contributed by atoms with E-state index in [0.29, 0.717) is 38.5 Å². The van der Waals surface area contributed by atoms with E-state index in [1.165, 1.54) is 9.80 Å². The van der Waals surface area contributed by atoms with Crippen molar-refractivity contribution in [3.8, 4) is 0 Å². The summed E-state index contributed by atoms with van der Waals surface area (Å²) in [5.41, 5.74) is 22.5. The van der Waals surface area contributed by atoms with E-state index in [-0.39, 0.29) is 95.3 Å². The highest BCUT2D eigenvalue weighted by Crippen LogP contribution is 2.29. The molecule has 2 aromatic rings. The molecule has 4 heterocycles. The smallest absolute Gasteiger partial charge is 0.475 e. The monoisotopic (exact) mass is 1150 g/mol. The summed E-state index contributed by atoms with van der Waals surface area (Å²) in [6, 6.07) is -1.46. The quantitative estimate of drug-likeness (QED) is 0.0818. The Hall–Kier alpha value is -8.92. The Kier molecular flexibility index (Phi) is 23.9. The standard InChI is InChI=1S/C28H44N20O2.4C2HF3O2/c1-11(2)9-15-17(49)37-21(33)47(15)27-43-23(41-25(45-27)39-19(29)30)35-13-5-7-14(8-6-13)36-24-42-26(40-20(31)32)46-28(44-24)48-16(10-12(3)4)18(50)38-22(48)34;4*3-2(4,5)1(6)7/h11-16H,5-10H2,1-4H3,(H2,33,37,49)(H2,34,38,50)(H5,29,30,35,39,41,43,45)(H5,31,32,36,40,42,44,46);4*(H,6,7). The molecule has 3 fully saturated rings. The third-order valence-electron chi connectivity index (χ3n) is 9.06. The molecule has 2 atom stereocenters. The van der Waals surface area contributed by atoms with Crippen molar-refractivity contribution in [1.82, 2.24) is 40.5 Å². The van der Waals surface area contributed by atoms with Crippen LogP contribution >= 0.6 is 0 Å². The van der Waals surface area contributed by atoms with Crippen LogP contribution in [0.25, 0.3) is 0 Å². The van der Waals surface area contributed by atoms with Crippen molar-refractivity contribution in [2.75, 3.05) is 20.4 Å². The number of carboxylic acid groups (broad SMARTS) is 4. The van der Waals surface area contributed by atoms with Gasteiger partial charge in [0.1, 0.15) is 12.1 Å². The number of carboxylic acids is 4. The van der Waals surface area contributed by atoms with Crippen LogP contribution in [-0.4, -0.2) is 159 Å². The second-order valence-corrected chi connectivity index (χ2v) is 16.3. The predicted octanol–water partition coefficient (Wildman–Crippen LogP) is 1.81. The molecular weight excluding hydrogens is 1100 g/mol. The highest BCUT2D eigenvalue weighted by molar-refractivity contribution is 6.15. The van der Waals surface area contributed by atoms with Gasteiger partial charge < -0.3 is 54.0 Å². The molecule has 2 aromatic heterocycles. The van der Waals surface area contributed by atoms with Crippen LogP contribution in [-0.2, 0) is 28.8 Å². The van der Waals surface area contributed by atoms with E-state index in [2.05, 4.69) is 61.2 Å². The molecule has 2 amide bonds. The van der Waals surface area contributed by atoms with E-state index in [1.54, 1.807) is 0 Å². The number of amides is 2. The Morgan fingerprint density at radius 3 is 1.00 bits per heavy atom. The third kappa shape index (κ3) is 22.9. The van der Waals surface area contributed by atoms with Gasteiger partial charge in [-0.3, -0.25) is 40.8 Å². The Labute approximate surface area is 428 Å². The van der Waals surface area contributed by atoms with Crippen molar-refractivity contribution < 1.29 is 102 Å². The lowest BCUT2D eigenvalue weighted by Crippen LogP contribution is -2.38. The van der Waals surface area contributed by atoms with E-state index < -0.39 is 60.7 Å². The Morgan fingerprint density at radius 1 is 0.551 bits per heavy atom. The fraction of sp³-hybridized carbons (Fsp3) is 0.556. The zero-order chi connectivity index (χ0) is 60.6. The number of hydrogen-bond donors (Lipinski definition) is 14. The fourth-order valence-electron chi connectivity index (χ4n) is 5.99. The molecule has 42 heteroatoms. The number of guanidine groups is 4. The topological polar surface area (TPSA) is 492 Å². The van der Waals surface area contributed by atoms with Gasteiger partial charge in [-0.25, -0.2) is 19.2 Å². The molecule has 2 aliphatic heterocycles. The number of nitrogens with one attached hydrogen (secondary N) is 6. The molecule has 0 radical (unpaired) electrons. The number of hydrogen-bond acceptors (Lipinski definition) is 18. The van der Waals surface area contributed by atoms with Crippen LogP contribution in [0.2, 0.25) is 0 Å². The first-order chi connectivity index (χ1) is 35.4. The van der Waals surface area contributed by atoms with Gasteiger partial charge in [-0.05, 0) is 50.4 Å². The van der Waals surface area contributed by atoms with Crippen LogP contribution in [0.3, 0.4) is 0 Å². The summed E-state index contributed by atoms with van der Waals surface area (Å²) in [7, 11) is 0. The van der Waals surface area contributed by atoms with Gasteiger partial charge in [0.2, 0.25) is 47.5 Å². The second kappa shape index (κ2) is 27.7. The lowest BCUT2D eigenvalue weighted by molar-refractivity contribution is -0.193. The van der Waals surface area contributed by atoms with Crippen molar-refractivity contribution in [1.29, 1.82) is 10.8 Å². The largest absolute Gasteiger partial charge is 0.490 e.